The van der Waals surface area contributed by atoms with Gasteiger partial charge in [0.15, 0.2) is 5.96 Å². The summed E-state index contributed by atoms with van der Waals surface area (Å²) in [6.07, 6.45) is 0. The maximum absolute atomic E-state index is 11.6. The Labute approximate surface area is 137 Å². The predicted molar refractivity (Wildman–Crippen MR) is 90.8 cm³/mol. The number of nitrogens with one attached hydrogen (secondary N) is 3. The third-order valence-corrected chi connectivity index (χ3v) is 2.76. The molecule has 0 radical (unpaired) electrons. The van der Waals surface area contributed by atoms with Gasteiger partial charge in [0.25, 0.3) is 0 Å². The van der Waals surface area contributed by atoms with Crippen LogP contribution in [0.4, 0.5) is 0 Å². The average Bonchev–Trinajstić information content (AvgIpc) is 2.57. The third kappa shape index (κ3) is 9.36. The van der Waals surface area contributed by atoms with E-state index < -0.39 is 0 Å². The Kier molecular flexibility index (Phi) is 10.0. The summed E-state index contributed by atoms with van der Waals surface area (Å²) in [4.78, 5) is 15.8. The van der Waals surface area contributed by atoms with E-state index in [-0.39, 0.29) is 12.5 Å². The smallest absolute Gasteiger partial charge is 0.241 e. The number of rotatable bonds is 10. The Balaban J connectivity index is 2.27. The van der Waals surface area contributed by atoms with Crippen molar-refractivity contribution in [2.75, 3.05) is 46.5 Å². The molecule has 1 rings (SSSR count). The molecule has 1 aromatic carbocycles. The molecule has 0 saturated heterocycles. The summed E-state index contributed by atoms with van der Waals surface area (Å²) in [5.74, 6) is 1.28. The zero-order valence-corrected chi connectivity index (χ0v) is 13.8. The zero-order chi connectivity index (χ0) is 16.8. The van der Waals surface area contributed by atoms with Gasteiger partial charge in [0.2, 0.25) is 5.91 Å². The normalized spacial score (nSPS) is 11.0. The second kappa shape index (κ2) is 12.3. The number of aliphatic imine (C=N–C) groups is 1. The molecule has 0 heterocycles. The topological polar surface area (TPSA) is 84.0 Å². The van der Waals surface area contributed by atoms with Crippen LogP contribution in [0.2, 0.25) is 0 Å². The number of amides is 1. The molecule has 0 saturated carbocycles. The van der Waals surface area contributed by atoms with Crippen molar-refractivity contribution in [1.82, 2.24) is 16.0 Å². The fraction of sp³-hybridized carbons (Fsp3) is 0.500. The molecule has 7 heteroatoms. The van der Waals surface area contributed by atoms with Gasteiger partial charge in [-0.1, -0.05) is 18.2 Å². The van der Waals surface area contributed by atoms with Crippen molar-refractivity contribution in [2.24, 2.45) is 4.99 Å². The number of para-hydroxylation sites is 1. The van der Waals surface area contributed by atoms with Crippen LogP contribution in [-0.2, 0) is 9.53 Å². The number of carbonyl (C=O) groups excluding carboxylic acids is 1. The average molecular weight is 322 g/mol. The van der Waals surface area contributed by atoms with Crippen LogP contribution >= 0.6 is 0 Å². The summed E-state index contributed by atoms with van der Waals surface area (Å²) in [5, 5.41) is 8.92. The molecule has 128 valence electrons. The molecule has 3 N–H and O–H groups in total. The highest BCUT2D eigenvalue weighted by atomic mass is 16.5. The molecule has 0 atom stereocenters. The van der Waals surface area contributed by atoms with Gasteiger partial charge in [-0.05, 0) is 19.1 Å². The van der Waals surface area contributed by atoms with E-state index in [0.717, 1.165) is 12.3 Å². The number of methoxy groups -OCH3 is 1. The van der Waals surface area contributed by atoms with Crippen molar-refractivity contribution in [1.29, 1.82) is 0 Å². The zero-order valence-electron chi connectivity index (χ0n) is 13.8. The van der Waals surface area contributed by atoms with Crippen molar-refractivity contribution < 1.29 is 14.3 Å². The van der Waals surface area contributed by atoms with Crippen molar-refractivity contribution in [2.45, 2.75) is 6.92 Å². The van der Waals surface area contributed by atoms with Crippen LogP contribution in [0.15, 0.2) is 35.3 Å². The first-order valence-corrected chi connectivity index (χ1v) is 7.72. The molecule has 0 aliphatic carbocycles. The Morgan fingerprint density at radius 2 is 1.83 bits per heavy atom. The molecule has 0 aliphatic rings. The largest absolute Gasteiger partial charge is 0.492 e. The maximum atomic E-state index is 11.6. The van der Waals surface area contributed by atoms with E-state index in [2.05, 4.69) is 20.9 Å². The first kappa shape index (κ1) is 18.8. The van der Waals surface area contributed by atoms with Gasteiger partial charge in [0.05, 0.1) is 13.2 Å². The molecule has 0 spiro atoms. The first-order chi connectivity index (χ1) is 11.3. The molecule has 1 aromatic rings. The Hall–Kier alpha value is -2.28. The second-order valence-electron chi connectivity index (χ2n) is 4.63. The van der Waals surface area contributed by atoms with Gasteiger partial charge in [-0.2, -0.15) is 0 Å². The van der Waals surface area contributed by atoms with Gasteiger partial charge < -0.3 is 25.4 Å². The number of benzene rings is 1. The molecule has 0 fully saturated rings. The lowest BCUT2D eigenvalue weighted by atomic mass is 10.3. The minimum atomic E-state index is -0.139. The van der Waals surface area contributed by atoms with E-state index >= 15 is 0 Å². The fourth-order valence-electron chi connectivity index (χ4n) is 1.70. The molecule has 0 unspecified atom stereocenters. The van der Waals surface area contributed by atoms with Crippen molar-refractivity contribution in [3.05, 3.63) is 30.3 Å². The summed E-state index contributed by atoms with van der Waals surface area (Å²) in [6.45, 7) is 4.83. The minimum absolute atomic E-state index is 0.0680. The highest BCUT2D eigenvalue weighted by molar-refractivity contribution is 5.84. The van der Waals surface area contributed by atoms with Gasteiger partial charge in [0, 0.05) is 20.2 Å². The SMILES string of the molecule is CCNC(=NCC(=O)NCCOC)NCCOc1ccccc1. The monoisotopic (exact) mass is 322 g/mol. The lowest BCUT2D eigenvalue weighted by Gasteiger charge is -2.12. The van der Waals surface area contributed by atoms with Gasteiger partial charge in [0.1, 0.15) is 18.9 Å². The van der Waals surface area contributed by atoms with Crippen molar-refractivity contribution in [3.8, 4) is 5.75 Å². The summed E-state index contributed by atoms with van der Waals surface area (Å²) < 4.78 is 10.5. The molecule has 0 aliphatic heterocycles. The Morgan fingerprint density at radius 3 is 2.52 bits per heavy atom. The quantitative estimate of drug-likeness (QED) is 0.330. The van der Waals surface area contributed by atoms with Gasteiger partial charge in [-0.25, -0.2) is 4.99 Å². The molecule has 0 aromatic heterocycles. The van der Waals surface area contributed by atoms with Crippen molar-refractivity contribution in [3.63, 3.8) is 0 Å². The standard InChI is InChI=1S/C16H26N4O3/c1-3-17-16(20-13-15(21)18-9-11-22-2)19-10-12-23-14-7-5-4-6-8-14/h4-8H,3,9-13H2,1-2H3,(H,18,21)(H2,17,19,20). The summed E-state index contributed by atoms with van der Waals surface area (Å²) >= 11 is 0. The highest BCUT2D eigenvalue weighted by Gasteiger charge is 2.01. The van der Waals surface area contributed by atoms with Crippen LogP contribution in [0.5, 0.6) is 5.75 Å². The van der Waals surface area contributed by atoms with Gasteiger partial charge in [-0.15, -0.1) is 0 Å². The van der Waals surface area contributed by atoms with Gasteiger partial charge >= 0.3 is 0 Å². The van der Waals surface area contributed by atoms with Crippen LogP contribution in [0.25, 0.3) is 0 Å². The number of ether oxygens (including phenoxy) is 2. The Bertz CT molecular complexity index is 466. The highest BCUT2D eigenvalue weighted by Crippen LogP contribution is 2.07. The first-order valence-electron chi connectivity index (χ1n) is 7.72. The van der Waals surface area contributed by atoms with E-state index in [4.69, 9.17) is 9.47 Å². The lowest BCUT2D eigenvalue weighted by Crippen LogP contribution is -2.40. The van der Waals surface area contributed by atoms with E-state index in [9.17, 15) is 4.79 Å². The second-order valence-corrected chi connectivity index (χ2v) is 4.63. The molecule has 7 nitrogen and oxygen atoms in total. The summed E-state index contributed by atoms with van der Waals surface area (Å²) in [7, 11) is 1.59. The number of nitrogens with zero attached hydrogens (tertiary/aromatic N) is 1. The van der Waals surface area contributed by atoms with E-state index in [1.807, 2.05) is 37.3 Å². The molecule has 0 bridgehead atoms. The van der Waals surface area contributed by atoms with Crippen LogP contribution in [-0.4, -0.2) is 58.4 Å². The lowest BCUT2D eigenvalue weighted by molar-refractivity contribution is -0.119. The Morgan fingerprint density at radius 1 is 1.09 bits per heavy atom. The van der Waals surface area contributed by atoms with Crippen LogP contribution in [0.1, 0.15) is 6.92 Å². The predicted octanol–water partition coefficient (Wildman–Crippen LogP) is 0.383. The molecule has 23 heavy (non-hydrogen) atoms. The number of hydrogen-bond acceptors (Lipinski definition) is 4. The fourth-order valence-corrected chi connectivity index (χ4v) is 1.70. The van der Waals surface area contributed by atoms with Gasteiger partial charge in [-0.3, -0.25) is 4.79 Å². The van der Waals surface area contributed by atoms with E-state index in [1.54, 1.807) is 7.11 Å². The van der Waals surface area contributed by atoms with Crippen LogP contribution < -0.4 is 20.7 Å². The molecular formula is C16H26N4O3. The molecule has 1 amide bonds. The van der Waals surface area contributed by atoms with Crippen LogP contribution in [0.3, 0.4) is 0 Å². The number of hydrogen-bond donors (Lipinski definition) is 3. The van der Waals surface area contributed by atoms with E-state index in [1.165, 1.54) is 0 Å². The van der Waals surface area contributed by atoms with Crippen LogP contribution in [0, 0.1) is 0 Å². The van der Waals surface area contributed by atoms with E-state index in [0.29, 0.717) is 32.3 Å². The summed E-state index contributed by atoms with van der Waals surface area (Å²) in [5.41, 5.74) is 0. The molecular weight excluding hydrogens is 296 g/mol. The van der Waals surface area contributed by atoms with Crippen molar-refractivity contribution >= 4 is 11.9 Å². The minimum Gasteiger partial charge on any atom is -0.492 e. The number of guanidine groups is 1. The summed E-state index contributed by atoms with van der Waals surface area (Å²) in [6, 6.07) is 9.61. The number of carbonyl (C=O) groups is 1. The maximum Gasteiger partial charge on any atom is 0.241 e. The third-order valence-electron chi connectivity index (χ3n) is 2.76.